The highest BCUT2D eigenvalue weighted by atomic mass is 16.5. The van der Waals surface area contributed by atoms with Crippen molar-refractivity contribution in [3.05, 3.63) is 81.9 Å². The molecule has 4 aromatic rings. The van der Waals surface area contributed by atoms with E-state index in [0.717, 1.165) is 5.56 Å². The molecule has 0 aliphatic heterocycles. The molecule has 0 saturated heterocycles. The summed E-state index contributed by atoms with van der Waals surface area (Å²) in [5.74, 6) is -0.115. The Bertz CT molecular complexity index is 1690. The third-order valence-corrected chi connectivity index (χ3v) is 7.27. The molecule has 0 spiro atoms. The SMILES string of the molecule is COc1ccc(C(C)(C)c2nnc(C(=O)[C@H](NC(=O)Cn3c(-c4ccccc4)nc(C)c(N)c3=O)C(C)C)o2)cc1OC. The Hall–Kier alpha value is -5.00. The van der Waals surface area contributed by atoms with E-state index in [0.29, 0.717) is 28.6 Å². The number of nitrogen functional groups attached to an aromatic ring is 1. The summed E-state index contributed by atoms with van der Waals surface area (Å²) < 4.78 is 17.8. The van der Waals surface area contributed by atoms with Crippen molar-refractivity contribution in [2.45, 2.75) is 52.6 Å². The van der Waals surface area contributed by atoms with Crippen LogP contribution in [0.4, 0.5) is 5.69 Å². The summed E-state index contributed by atoms with van der Waals surface area (Å²) in [4.78, 5) is 44.4. The average molecular weight is 589 g/mol. The van der Waals surface area contributed by atoms with Crippen LogP contribution >= 0.6 is 0 Å². The van der Waals surface area contributed by atoms with Crippen LogP contribution in [0.1, 0.15) is 55.5 Å². The number of hydrogen-bond donors (Lipinski definition) is 2. The van der Waals surface area contributed by atoms with Gasteiger partial charge in [-0.3, -0.25) is 19.0 Å². The van der Waals surface area contributed by atoms with Gasteiger partial charge in [-0.05, 0) is 44.4 Å². The van der Waals surface area contributed by atoms with E-state index in [9.17, 15) is 14.4 Å². The topological polar surface area (TPSA) is 164 Å². The van der Waals surface area contributed by atoms with Gasteiger partial charge in [-0.2, -0.15) is 0 Å². The van der Waals surface area contributed by atoms with Gasteiger partial charge in [0.05, 0.1) is 31.4 Å². The van der Waals surface area contributed by atoms with Crippen molar-refractivity contribution in [2.24, 2.45) is 5.92 Å². The van der Waals surface area contributed by atoms with E-state index in [2.05, 4.69) is 20.5 Å². The highest BCUT2D eigenvalue weighted by Crippen LogP contribution is 2.36. The molecule has 12 nitrogen and oxygen atoms in total. The molecule has 0 unspecified atom stereocenters. The van der Waals surface area contributed by atoms with Crippen LogP contribution < -0.4 is 26.1 Å². The number of methoxy groups -OCH3 is 2. The zero-order chi connectivity index (χ0) is 31.5. The maximum Gasteiger partial charge on any atom is 0.286 e. The third-order valence-electron chi connectivity index (χ3n) is 7.27. The number of amides is 1. The molecular weight excluding hydrogens is 552 g/mol. The number of aryl methyl sites for hydroxylation is 1. The minimum absolute atomic E-state index is 0.0561. The number of hydrogen-bond acceptors (Lipinski definition) is 10. The van der Waals surface area contributed by atoms with Crippen LogP contribution in [0.15, 0.2) is 57.7 Å². The van der Waals surface area contributed by atoms with E-state index >= 15 is 0 Å². The molecule has 4 rings (SSSR count). The molecule has 2 aromatic heterocycles. The monoisotopic (exact) mass is 588 g/mol. The van der Waals surface area contributed by atoms with Gasteiger partial charge < -0.3 is 24.9 Å². The highest BCUT2D eigenvalue weighted by molar-refractivity contribution is 5.98. The Kier molecular flexibility index (Phi) is 8.98. The first-order chi connectivity index (χ1) is 20.4. The Balaban J connectivity index is 1.58. The van der Waals surface area contributed by atoms with Gasteiger partial charge in [0.25, 0.3) is 11.4 Å². The number of nitrogens with one attached hydrogen (secondary N) is 1. The lowest BCUT2D eigenvalue weighted by molar-refractivity contribution is -0.122. The number of benzene rings is 2. The number of aromatic nitrogens is 4. The Morgan fingerprint density at radius 2 is 1.72 bits per heavy atom. The minimum Gasteiger partial charge on any atom is -0.493 e. The van der Waals surface area contributed by atoms with Gasteiger partial charge in [0.1, 0.15) is 18.1 Å². The molecule has 12 heteroatoms. The van der Waals surface area contributed by atoms with Gasteiger partial charge in [-0.15, -0.1) is 10.2 Å². The smallest absolute Gasteiger partial charge is 0.286 e. The normalized spacial score (nSPS) is 12.2. The van der Waals surface area contributed by atoms with E-state index in [-0.39, 0.29) is 23.4 Å². The van der Waals surface area contributed by atoms with Crippen LogP contribution in [0.25, 0.3) is 11.4 Å². The zero-order valence-corrected chi connectivity index (χ0v) is 25.3. The van der Waals surface area contributed by atoms with Gasteiger partial charge in [0.2, 0.25) is 17.6 Å². The van der Waals surface area contributed by atoms with E-state index in [1.54, 1.807) is 71.4 Å². The first-order valence-corrected chi connectivity index (χ1v) is 13.7. The molecule has 0 aliphatic carbocycles. The lowest BCUT2D eigenvalue weighted by atomic mass is 9.84. The zero-order valence-electron chi connectivity index (χ0n) is 25.3. The molecule has 2 aromatic carbocycles. The highest BCUT2D eigenvalue weighted by Gasteiger charge is 2.35. The van der Waals surface area contributed by atoms with Crippen LogP contribution in [0.2, 0.25) is 0 Å². The van der Waals surface area contributed by atoms with Gasteiger partial charge in [0, 0.05) is 5.56 Å². The van der Waals surface area contributed by atoms with Crippen molar-refractivity contribution in [1.82, 2.24) is 25.1 Å². The number of ether oxygens (including phenoxy) is 2. The van der Waals surface area contributed by atoms with E-state index < -0.39 is 35.3 Å². The number of anilines is 1. The molecule has 2 heterocycles. The number of carbonyl (C=O) groups is 2. The number of nitrogens with zero attached hydrogens (tertiary/aromatic N) is 4. The molecule has 0 aliphatic rings. The maximum atomic E-state index is 13.5. The molecular formula is C31H36N6O6. The molecule has 43 heavy (non-hydrogen) atoms. The summed E-state index contributed by atoms with van der Waals surface area (Å²) in [5, 5.41) is 10.9. The summed E-state index contributed by atoms with van der Waals surface area (Å²) in [7, 11) is 3.09. The Morgan fingerprint density at radius 1 is 1.05 bits per heavy atom. The second-order valence-corrected chi connectivity index (χ2v) is 11.0. The van der Waals surface area contributed by atoms with E-state index in [4.69, 9.17) is 19.6 Å². The number of rotatable bonds is 11. The fraction of sp³-hybridized carbons (Fsp3) is 0.355. The van der Waals surface area contributed by atoms with Crippen LogP contribution in [0, 0.1) is 12.8 Å². The van der Waals surface area contributed by atoms with Crippen molar-refractivity contribution < 1.29 is 23.5 Å². The molecule has 3 N–H and O–H groups in total. The number of Topliss-reactive ketones (excluding diaryl/α,β-unsaturated/α-hetero) is 1. The summed E-state index contributed by atoms with van der Waals surface area (Å²) in [6.07, 6.45) is 0. The Labute approximate surface area is 249 Å². The lowest BCUT2D eigenvalue weighted by Crippen LogP contribution is -2.46. The largest absolute Gasteiger partial charge is 0.493 e. The predicted octanol–water partition coefficient (Wildman–Crippen LogP) is 3.55. The third kappa shape index (κ3) is 6.27. The van der Waals surface area contributed by atoms with Gasteiger partial charge in [-0.25, -0.2) is 4.98 Å². The fourth-order valence-corrected chi connectivity index (χ4v) is 4.58. The summed E-state index contributed by atoms with van der Waals surface area (Å²) >= 11 is 0. The van der Waals surface area contributed by atoms with Crippen molar-refractivity contribution in [1.29, 1.82) is 0 Å². The average Bonchev–Trinajstić information content (AvgIpc) is 3.51. The molecule has 0 saturated carbocycles. The van der Waals surface area contributed by atoms with Crippen molar-refractivity contribution >= 4 is 17.4 Å². The molecule has 1 atom stereocenters. The van der Waals surface area contributed by atoms with Crippen molar-refractivity contribution in [3.8, 4) is 22.9 Å². The second-order valence-electron chi connectivity index (χ2n) is 11.0. The fourth-order valence-electron chi connectivity index (χ4n) is 4.58. The second kappa shape index (κ2) is 12.5. The maximum absolute atomic E-state index is 13.5. The number of ketones is 1. The van der Waals surface area contributed by atoms with Crippen molar-refractivity contribution in [2.75, 3.05) is 20.0 Å². The molecule has 0 bridgehead atoms. The lowest BCUT2D eigenvalue weighted by Gasteiger charge is -2.22. The number of nitrogens with two attached hydrogens (primary N) is 1. The van der Waals surface area contributed by atoms with Crippen LogP contribution in [0.5, 0.6) is 11.5 Å². The Morgan fingerprint density at radius 3 is 2.35 bits per heavy atom. The number of carbonyl (C=O) groups excluding carboxylic acids is 2. The minimum atomic E-state index is -1.00. The van der Waals surface area contributed by atoms with Crippen LogP contribution in [0.3, 0.4) is 0 Å². The molecule has 0 radical (unpaired) electrons. The molecule has 226 valence electrons. The molecule has 1 amide bonds. The predicted molar refractivity (Wildman–Crippen MR) is 160 cm³/mol. The van der Waals surface area contributed by atoms with E-state index in [1.807, 2.05) is 26.0 Å². The molecule has 0 fully saturated rings. The summed E-state index contributed by atoms with van der Waals surface area (Å²) in [5.41, 5.74) is 6.38. The standard InChI is InChI=1S/C31H36N6O6/c1-17(2)25(34-23(38)16-37-27(19-11-9-8-10-12-19)33-18(3)24(32)29(37)40)26(39)28-35-36-30(43-28)31(4,5)20-13-14-21(41-6)22(15-20)42-7/h8-15,17,25H,16,32H2,1-7H3,(H,34,38)/t25-/m1/s1. The van der Waals surface area contributed by atoms with Crippen LogP contribution in [-0.2, 0) is 16.8 Å². The summed E-state index contributed by atoms with van der Waals surface area (Å²) in [6.45, 7) is 8.54. The van der Waals surface area contributed by atoms with Crippen molar-refractivity contribution in [3.63, 3.8) is 0 Å². The van der Waals surface area contributed by atoms with Gasteiger partial charge >= 0.3 is 0 Å². The van der Waals surface area contributed by atoms with Gasteiger partial charge in [0.15, 0.2) is 11.5 Å². The van der Waals surface area contributed by atoms with E-state index in [1.165, 1.54) is 4.57 Å². The van der Waals surface area contributed by atoms with Crippen LogP contribution in [-0.4, -0.2) is 51.7 Å². The van der Waals surface area contributed by atoms with Gasteiger partial charge in [-0.1, -0.05) is 50.2 Å². The first-order valence-electron chi connectivity index (χ1n) is 13.7. The first kappa shape index (κ1) is 30.9. The summed E-state index contributed by atoms with van der Waals surface area (Å²) in [6, 6.07) is 13.4. The quantitative estimate of drug-likeness (QED) is 0.248.